The van der Waals surface area contributed by atoms with Crippen LogP contribution in [0.15, 0.2) is 42.5 Å². The highest BCUT2D eigenvalue weighted by Crippen LogP contribution is 2.24. The van der Waals surface area contributed by atoms with Crippen molar-refractivity contribution in [2.75, 3.05) is 13.2 Å². The summed E-state index contributed by atoms with van der Waals surface area (Å²) in [5.41, 5.74) is 7.40. The van der Waals surface area contributed by atoms with Crippen LogP contribution < -0.4 is 10.5 Å². The predicted octanol–water partition coefficient (Wildman–Crippen LogP) is 4.30. The second-order valence-electron chi connectivity index (χ2n) is 5.00. The minimum atomic E-state index is -0.212. The molecule has 0 aliphatic heterocycles. The maximum absolute atomic E-state index is 13.8. The topological polar surface area (TPSA) is 35.2 Å². The summed E-state index contributed by atoms with van der Waals surface area (Å²) in [6, 6.07) is 12.2. The van der Waals surface area contributed by atoms with E-state index in [1.807, 2.05) is 25.1 Å². The van der Waals surface area contributed by atoms with Crippen LogP contribution in [0.25, 0.3) is 0 Å². The highest BCUT2D eigenvalue weighted by atomic mass is 35.5. The Kier molecular flexibility index (Phi) is 5.59. The zero-order valence-corrected chi connectivity index (χ0v) is 12.7. The lowest BCUT2D eigenvalue weighted by molar-refractivity contribution is 0.295. The molecular weight excluding hydrogens is 289 g/mol. The number of ether oxygens (including phenoxy) is 1. The molecule has 0 saturated heterocycles. The maximum atomic E-state index is 13.8. The van der Waals surface area contributed by atoms with Crippen LogP contribution in [0.2, 0.25) is 5.02 Å². The first kappa shape index (κ1) is 15.8. The van der Waals surface area contributed by atoms with Crippen molar-refractivity contribution in [2.24, 2.45) is 5.73 Å². The Morgan fingerprint density at radius 1 is 1.24 bits per heavy atom. The molecule has 1 atom stereocenters. The van der Waals surface area contributed by atoms with Crippen molar-refractivity contribution in [1.29, 1.82) is 0 Å². The molecule has 0 saturated carbocycles. The number of hydrogen-bond donors (Lipinski definition) is 1. The Balaban J connectivity index is 1.96. The summed E-state index contributed by atoms with van der Waals surface area (Å²) in [6.07, 6.45) is 0.666. The zero-order chi connectivity index (χ0) is 15.2. The van der Waals surface area contributed by atoms with Gasteiger partial charge >= 0.3 is 0 Å². The van der Waals surface area contributed by atoms with E-state index in [0.29, 0.717) is 30.2 Å². The molecule has 0 aliphatic rings. The quantitative estimate of drug-likeness (QED) is 0.863. The van der Waals surface area contributed by atoms with Gasteiger partial charge in [0.2, 0.25) is 0 Å². The number of halogens is 2. The summed E-state index contributed by atoms with van der Waals surface area (Å²) in [6.45, 7) is 2.82. The van der Waals surface area contributed by atoms with Crippen molar-refractivity contribution in [3.8, 4) is 5.75 Å². The molecule has 0 aromatic heterocycles. The first-order chi connectivity index (χ1) is 10.1. The third-order valence-corrected chi connectivity index (χ3v) is 3.73. The molecule has 0 radical (unpaired) electrons. The van der Waals surface area contributed by atoms with Crippen LogP contribution in [0, 0.1) is 12.7 Å². The van der Waals surface area contributed by atoms with Crippen molar-refractivity contribution >= 4 is 11.6 Å². The fourth-order valence-electron chi connectivity index (χ4n) is 2.29. The Morgan fingerprint density at radius 2 is 2.00 bits per heavy atom. The molecule has 0 aliphatic carbocycles. The number of hydrogen-bond acceptors (Lipinski definition) is 2. The lowest BCUT2D eigenvalue weighted by atomic mass is 9.96. The fraction of sp³-hybridized carbons (Fsp3) is 0.294. The molecule has 2 nitrogen and oxygen atoms in total. The molecule has 0 fully saturated rings. The molecule has 21 heavy (non-hydrogen) atoms. The fourth-order valence-corrected chi connectivity index (χ4v) is 2.52. The van der Waals surface area contributed by atoms with E-state index in [-0.39, 0.29) is 11.7 Å². The number of rotatable bonds is 6. The molecule has 2 aromatic carbocycles. The van der Waals surface area contributed by atoms with Gasteiger partial charge in [0.25, 0.3) is 0 Å². The van der Waals surface area contributed by atoms with Crippen molar-refractivity contribution in [2.45, 2.75) is 19.3 Å². The highest BCUT2D eigenvalue weighted by Gasteiger charge is 2.14. The first-order valence-electron chi connectivity index (χ1n) is 6.95. The van der Waals surface area contributed by atoms with E-state index < -0.39 is 0 Å². The Labute approximate surface area is 129 Å². The van der Waals surface area contributed by atoms with E-state index in [0.717, 1.165) is 11.3 Å². The van der Waals surface area contributed by atoms with Gasteiger partial charge in [0.05, 0.1) is 6.61 Å². The molecule has 0 amide bonds. The molecule has 0 heterocycles. The highest BCUT2D eigenvalue weighted by molar-refractivity contribution is 6.30. The van der Waals surface area contributed by atoms with E-state index in [1.54, 1.807) is 18.2 Å². The van der Waals surface area contributed by atoms with Gasteiger partial charge in [0.1, 0.15) is 11.6 Å². The van der Waals surface area contributed by atoms with Crippen LogP contribution in [0.5, 0.6) is 5.75 Å². The zero-order valence-electron chi connectivity index (χ0n) is 12.0. The van der Waals surface area contributed by atoms with E-state index in [9.17, 15) is 4.39 Å². The third kappa shape index (κ3) is 4.19. The van der Waals surface area contributed by atoms with Gasteiger partial charge in [-0.05, 0) is 55.3 Å². The summed E-state index contributed by atoms with van der Waals surface area (Å²) >= 11 is 5.91. The molecule has 4 heteroatoms. The van der Waals surface area contributed by atoms with Gasteiger partial charge in [-0.1, -0.05) is 29.8 Å². The average Bonchev–Trinajstić information content (AvgIpc) is 2.47. The van der Waals surface area contributed by atoms with E-state index >= 15 is 0 Å². The van der Waals surface area contributed by atoms with Crippen LogP contribution in [-0.4, -0.2) is 13.2 Å². The van der Waals surface area contributed by atoms with Crippen LogP contribution in [0.3, 0.4) is 0 Å². The molecule has 0 spiro atoms. The minimum Gasteiger partial charge on any atom is -0.493 e. The normalized spacial score (nSPS) is 12.2. The lowest BCUT2D eigenvalue weighted by Crippen LogP contribution is -2.17. The first-order valence-corrected chi connectivity index (χ1v) is 7.33. The number of benzene rings is 2. The number of nitrogens with two attached hydrogens (primary N) is 1. The van der Waals surface area contributed by atoms with Gasteiger partial charge < -0.3 is 10.5 Å². The lowest BCUT2D eigenvalue weighted by Gasteiger charge is -2.17. The van der Waals surface area contributed by atoms with E-state index in [2.05, 4.69) is 0 Å². The van der Waals surface area contributed by atoms with Crippen LogP contribution in [0.1, 0.15) is 23.5 Å². The smallest absolute Gasteiger partial charge is 0.126 e. The van der Waals surface area contributed by atoms with Crippen LogP contribution >= 0.6 is 11.6 Å². The van der Waals surface area contributed by atoms with Gasteiger partial charge in [-0.15, -0.1) is 0 Å². The monoisotopic (exact) mass is 307 g/mol. The Morgan fingerprint density at radius 3 is 2.67 bits per heavy atom. The van der Waals surface area contributed by atoms with E-state index in [4.69, 9.17) is 22.1 Å². The van der Waals surface area contributed by atoms with Crippen LogP contribution in [0.4, 0.5) is 4.39 Å². The molecule has 2 N–H and O–H groups in total. The molecule has 2 aromatic rings. The Bertz CT molecular complexity index is 603. The van der Waals surface area contributed by atoms with Gasteiger partial charge in [-0.25, -0.2) is 4.39 Å². The standard InChI is InChI=1S/C17H19ClFNO/c1-12-10-14(18)6-7-17(12)21-9-8-13(11-20)15-4-2-3-5-16(15)19/h2-7,10,13H,8-9,11,20H2,1H3. The van der Waals surface area contributed by atoms with Crippen molar-refractivity contribution in [1.82, 2.24) is 0 Å². The van der Waals surface area contributed by atoms with E-state index in [1.165, 1.54) is 6.07 Å². The average molecular weight is 308 g/mol. The SMILES string of the molecule is Cc1cc(Cl)ccc1OCCC(CN)c1ccccc1F. The largest absolute Gasteiger partial charge is 0.493 e. The van der Waals surface area contributed by atoms with Crippen molar-refractivity contribution in [3.63, 3.8) is 0 Å². The predicted molar refractivity (Wildman–Crippen MR) is 84.5 cm³/mol. The second kappa shape index (κ2) is 7.43. The summed E-state index contributed by atoms with van der Waals surface area (Å²) in [5.74, 6) is 0.540. The summed E-state index contributed by atoms with van der Waals surface area (Å²) in [7, 11) is 0. The summed E-state index contributed by atoms with van der Waals surface area (Å²) in [5, 5.41) is 0.686. The molecule has 112 valence electrons. The summed E-state index contributed by atoms with van der Waals surface area (Å²) < 4.78 is 19.5. The molecule has 0 bridgehead atoms. The van der Waals surface area contributed by atoms with Gasteiger partial charge in [-0.3, -0.25) is 0 Å². The van der Waals surface area contributed by atoms with Gasteiger partial charge in [-0.2, -0.15) is 0 Å². The van der Waals surface area contributed by atoms with Crippen molar-refractivity contribution < 1.29 is 9.13 Å². The van der Waals surface area contributed by atoms with Crippen molar-refractivity contribution in [3.05, 3.63) is 64.4 Å². The van der Waals surface area contributed by atoms with Gasteiger partial charge in [0.15, 0.2) is 0 Å². The Hall–Kier alpha value is -1.58. The second-order valence-corrected chi connectivity index (χ2v) is 5.44. The molecular formula is C17H19ClFNO. The van der Waals surface area contributed by atoms with Crippen LogP contribution in [-0.2, 0) is 0 Å². The summed E-state index contributed by atoms with van der Waals surface area (Å²) in [4.78, 5) is 0. The van der Waals surface area contributed by atoms with Gasteiger partial charge in [0, 0.05) is 10.9 Å². The third-order valence-electron chi connectivity index (χ3n) is 3.49. The minimum absolute atomic E-state index is 0.0428. The maximum Gasteiger partial charge on any atom is 0.126 e. The molecule has 2 rings (SSSR count). The molecule has 1 unspecified atom stereocenters. The number of aryl methyl sites for hydroxylation is 1.